The van der Waals surface area contributed by atoms with Crippen molar-refractivity contribution in [3.05, 3.63) is 35.9 Å². The van der Waals surface area contributed by atoms with Gasteiger partial charge in [-0.05, 0) is 31.2 Å². The van der Waals surface area contributed by atoms with E-state index in [0.29, 0.717) is 24.9 Å². The normalized spacial score (nSPS) is 21.1. The van der Waals surface area contributed by atoms with Crippen molar-refractivity contribution in [1.82, 2.24) is 10.2 Å². The van der Waals surface area contributed by atoms with E-state index >= 15 is 0 Å². The van der Waals surface area contributed by atoms with E-state index in [9.17, 15) is 9.90 Å². The number of urea groups is 1. The third-order valence-electron chi connectivity index (χ3n) is 4.93. The molecule has 0 spiro atoms. The predicted molar refractivity (Wildman–Crippen MR) is 93.4 cm³/mol. The molecule has 1 saturated heterocycles. The van der Waals surface area contributed by atoms with Crippen LogP contribution in [0.2, 0.25) is 0 Å². The topological polar surface area (TPSA) is 52.6 Å². The smallest absolute Gasteiger partial charge is 0.317 e. The van der Waals surface area contributed by atoms with Crippen molar-refractivity contribution in [1.29, 1.82) is 0 Å². The Labute approximate surface area is 139 Å². The molecule has 2 rings (SSSR count). The van der Waals surface area contributed by atoms with E-state index in [-0.39, 0.29) is 18.1 Å². The van der Waals surface area contributed by atoms with Gasteiger partial charge in [0.05, 0.1) is 6.10 Å². The molecule has 1 aliphatic heterocycles. The van der Waals surface area contributed by atoms with Gasteiger partial charge in [0.2, 0.25) is 0 Å². The Hall–Kier alpha value is -1.55. The molecule has 0 aliphatic carbocycles. The molecule has 128 valence electrons. The second-order valence-corrected chi connectivity index (χ2v) is 7.04. The van der Waals surface area contributed by atoms with Crippen LogP contribution >= 0.6 is 0 Å². The van der Waals surface area contributed by atoms with Gasteiger partial charge in [0.1, 0.15) is 0 Å². The van der Waals surface area contributed by atoms with E-state index in [1.54, 1.807) is 0 Å². The van der Waals surface area contributed by atoms with E-state index in [4.69, 9.17) is 0 Å². The standard InChI is InChI=1S/C19H30N2O2/c1-14(2)18(16-8-5-4-6-9-16)12-20-19(23)21-11-7-10-17(13-21)15(3)22/h4-6,8-9,14-15,17-18,22H,7,10-13H2,1-3H3,(H,20,23). The first-order valence-corrected chi connectivity index (χ1v) is 8.74. The fourth-order valence-corrected chi connectivity index (χ4v) is 3.34. The maximum Gasteiger partial charge on any atom is 0.317 e. The minimum Gasteiger partial charge on any atom is -0.393 e. The van der Waals surface area contributed by atoms with Crippen molar-refractivity contribution in [2.75, 3.05) is 19.6 Å². The van der Waals surface area contributed by atoms with Crippen molar-refractivity contribution >= 4 is 6.03 Å². The summed E-state index contributed by atoms with van der Waals surface area (Å²) in [4.78, 5) is 14.3. The summed E-state index contributed by atoms with van der Waals surface area (Å²) >= 11 is 0. The van der Waals surface area contributed by atoms with Crippen LogP contribution in [0.1, 0.15) is 45.1 Å². The largest absolute Gasteiger partial charge is 0.393 e. The SMILES string of the molecule is CC(C)C(CNC(=O)N1CCCC(C(C)O)C1)c1ccccc1. The number of carbonyl (C=O) groups excluding carboxylic acids is 1. The average molecular weight is 318 g/mol. The van der Waals surface area contributed by atoms with E-state index in [1.165, 1.54) is 5.56 Å². The number of carbonyl (C=O) groups is 1. The summed E-state index contributed by atoms with van der Waals surface area (Å²) in [5, 5.41) is 12.9. The van der Waals surface area contributed by atoms with Crippen LogP contribution in [-0.4, -0.2) is 41.8 Å². The van der Waals surface area contributed by atoms with E-state index < -0.39 is 0 Å². The average Bonchev–Trinajstić information content (AvgIpc) is 2.55. The molecule has 23 heavy (non-hydrogen) atoms. The molecule has 3 atom stereocenters. The first-order valence-electron chi connectivity index (χ1n) is 8.74. The minimum atomic E-state index is -0.349. The molecule has 0 saturated carbocycles. The third-order valence-corrected chi connectivity index (χ3v) is 4.93. The summed E-state index contributed by atoms with van der Waals surface area (Å²) in [7, 11) is 0. The van der Waals surface area contributed by atoms with Gasteiger partial charge in [-0.15, -0.1) is 0 Å². The van der Waals surface area contributed by atoms with Crippen molar-refractivity contribution < 1.29 is 9.90 Å². The van der Waals surface area contributed by atoms with E-state index in [0.717, 1.165) is 19.4 Å². The Balaban J connectivity index is 1.91. The highest BCUT2D eigenvalue weighted by Crippen LogP contribution is 2.24. The maximum absolute atomic E-state index is 12.5. The monoisotopic (exact) mass is 318 g/mol. The number of hydrogen-bond acceptors (Lipinski definition) is 2. The Kier molecular flexibility index (Phi) is 6.46. The number of hydrogen-bond donors (Lipinski definition) is 2. The first-order chi connectivity index (χ1) is 11.0. The summed E-state index contributed by atoms with van der Waals surface area (Å²) in [5.74, 6) is 0.978. The molecule has 4 nitrogen and oxygen atoms in total. The highest BCUT2D eigenvalue weighted by Gasteiger charge is 2.27. The van der Waals surface area contributed by atoms with Gasteiger partial charge in [0.25, 0.3) is 0 Å². The lowest BCUT2D eigenvalue weighted by Gasteiger charge is -2.34. The minimum absolute atomic E-state index is 0.00284. The molecular weight excluding hydrogens is 288 g/mol. The van der Waals surface area contributed by atoms with Gasteiger partial charge in [0.15, 0.2) is 0 Å². The van der Waals surface area contributed by atoms with Crippen LogP contribution in [0.3, 0.4) is 0 Å². The van der Waals surface area contributed by atoms with Crippen LogP contribution in [-0.2, 0) is 0 Å². The summed E-state index contributed by atoms with van der Waals surface area (Å²) in [6.07, 6.45) is 1.62. The molecule has 1 aromatic rings. The molecular formula is C19H30N2O2. The van der Waals surface area contributed by atoms with Crippen LogP contribution in [0.4, 0.5) is 4.79 Å². The van der Waals surface area contributed by atoms with Crippen LogP contribution in [0, 0.1) is 11.8 Å². The van der Waals surface area contributed by atoms with Crippen molar-refractivity contribution in [3.63, 3.8) is 0 Å². The number of aliphatic hydroxyl groups excluding tert-OH is 1. The van der Waals surface area contributed by atoms with Crippen LogP contribution in [0.15, 0.2) is 30.3 Å². The van der Waals surface area contributed by atoms with Gasteiger partial charge in [-0.2, -0.15) is 0 Å². The van der Waals surface area contributed by atoms with Crippen molar-refractivity contribution in [2.24, 2.45) is 11.8 Å². The van der Waals surface area contributed by atoms with Crippen molar-refractivity contribution in [2.45, 2.75) is 45.6 Å². The third kappa shape index (κ3) is 4.96. The fraction of sp³-hybridized carbons (Fsp3) is 0.632. The Morgan fingerprint density at radius 3 is 2.61 bits per heavy atom. The first kappa shape index (κ1) is 17.8. The number of amides is 2. The molecule has 3 unspecified atom stereocenters. The molecule has 1 aliphatic rings. The second-order valence-electron chi connectivity index (χ2n) is 7.04. The maximum atomic E-state index is 12.5. The number of rotatable bonds is 5. The number of likely N-dealkylation sites (tertiary alicyclic amines) is 1. The van der Waals surface area contributed by atoms with Crippen LogP contribution < -0.4 is 5.32 Å². The summed E-state index contributed by atoms with van der Waals surface area (Å²) in [5.41, 5.74) is 1.27. The zero-order valence-electron chi connectivity index (χ0n) is 14.5. The Morgan fingerprint density at radius 1 is 1.30 bits per heavy atom. The Morgan fingerprint density at radius 2 is 2.00 bits per heavy atom. The van der Waals surface area contributed by atoms with Crippen molar-refractivity contribution in [3.8, 4) is 0 Å². The van der Waals surface area contributed by atoms with Crippen LogP contribution in [0.25, 0.3) is 0 Å². The highest BCUT2D eigenvalue weighted by molar-refractivity contribution is 5.74. The summed E-state index contributed by atoms with van der Waals surface area (Å²) < 4.78 is 0. The predicted octanol–water partition coefficient (Wildman–Crippen LogP) is 3.23. The molecule has 0 bridgehead atoms. The second kappa shape index (κ2) is 8.34. The van der Waals surface area contributed by atoms with Gasteiger partial charge >= 0.3 is 6.03 Å². The number of nitrogens with zero attached hydrogens (tertiary/aromatic N) is 1. The molecule has 2 amide bonds. The van der Waals surface area contributed by atoms with Gasteiger partial charge in [0, 0.05) is 31.5 Å². The lowest BCUT2D eigenvalue weighted by Crippen LogP contribution is -2.48. The quantitative estimate of drug-likeness (QED) is 0.876. The highest BCUT2D eigenvalue weighted by atomic mass is 16.3. The van der Waals surface area contributed by atoms with E-state index in [2.05, 4.69) is 31.3 Å². The van der Waals surface area contributed by atoms with Gasteiger partial charge in [-0.25, -0.2) is 4.79 Å². The summed E-state index contributed by atoms with van der Waals surface area (Å²) in [6.45, 7) is 8.28. The number of nitrogens with one attached hydrogen (secondary N) is 1. The Bertz CT molecular complexity index is 487. The molecule has 1 heterocycles. The fourth-order valence-electron chi connectivity index (χ4n) is 3.34. The number of piperidine rings is 1. The molecule has 4 heteroatoms. The van der Waals surface area contributed by atoms with Gasteiger partial charge in [-0.3, -0.25) is 0 Å². The zero-order chi connectivity index (χ0) is 16.8. The molecule has 0 radical (unpaired) electrons. The van der Waals surface area contributed by atoms with Crippen LogP contribution in [0.5, 0.6) is 0 Å². The molecule has 1 aromatic carbocycles. The van der Waals surface area contributed by atoms with Gasteiger partial charge in [-0.1, -0.05) is 44.2 Å². The molecule has 2 N–H and O–H groups in total. The molecule has 1 fully saturated rings. The molecule has 0 aromatic heterocycles. The zero-order valence-corrected chi connectivity index (χ0v) is 14.5. The summed E-state index contributed by atoms with van der Waals surface area (Å²) in [6, 6.07) is 10.4. The van der Waals surface area contributed by atoms with Gasteiger partial charge < -0.3 is 15.3 Å². The van der Waals surface area contributed by atoms with E-state index in [1.807, 2.05) is 30.0 Å². The number of benzene rings is 1. The number of aliphatic hydroxyl groups is 1. The lowest BCUT2D eigenvalue weighted by molar-refractivity contribution is 0.0738. The lowest BCUT2D eigenvalue weighted by atomic mass is 9.88.